The fourth-order valence-corrected chi connectivity index (χ4v) is 1.73. The Kier molecular flexibility index (Phi) is 3.96. The summed E-state index contributed by atoms with van der Waals surface area (Å²) in [6.45, 7) is 0. The summed E-state index contributed by atoms with van der Waals surface area (Å²) in [7, 11) is 0. The molecule has 8 heteroatoms. The van der Waals surface area contributed by atoms with Gasteiger partial charge in [-0.2, -0.15) is 0 Å². The van der Waals surface area contributed by atoms with Crippen molar-refractivity contribution in [3.63, 3.8) is 0 Å². The Labute approximate surface area is 117 Å². The molecule has 0 aromatic carbocycles. The van der Waals surface area contributed by atoms with Crippen molar-refractivity contribution in [1.82, 2.24) is 15.0 Å². The summed E-state index contributed by atoms with van der Waals surface area (Å²) in [5.41, 5.74) is 0.270. The molecule has 0 radical (unpaired) electrons. The van der Waals surface area contributed by atoms with Gasteiger partial charge in [0.25, 0.3) is 5.91 Å². The summed E-state index contributed by atoms with van der Waals surface area (Å²) >= 11 is 17.3. The summed E-state index contributed by atoms with van der Waals surface area (Å²) < 4.78 is 0. The molecule has 0 unspecified atom stereocenters. The van der Waals surface area contributed by atoms with E-state index < -0.39 is 5.91 Å². The number of carbonyl (C=O) groups excluding carboxylic acids is 1. The van der Waals surface area contributed by atoms with Crippen LogP contribution in [0.15, 0.2) is 24.5 Å². The average molecular weight is 304 g/mol. The van der Waals surface area contributed by atoms with E-state index in [4.69, 9.17) is 34.8 Å². The molecule has 92 valence electrons. The number of aromatic nitrogens is 3. The first kappa shape index (κ1) is 13.0. The van der Waals surface area contributed by atoms with Crippen molar-refractivity contribution in [2.75, 3.05) is 5.32 Å². The van der Waals surface area contributed by atoms with Gasteiger partial charge in [0, 0.05) is 0 Å². The number of pyridine rings is 1. The van der Waals surface area contributed by atoms with Crippen LogP contribution in [0.25, 0.3) is 0 Å². The summed E-state index contributed by atoms with van der Waals surface area (Å²) in [4.78, 5) is 23.1. The molecule has 2 heterocycles. The monoisotopic (exact) mass is 302 g/mol. The maximum absolute atomic E-state index is 11.9. The van der Waals surface area contributed by atoms with Gasteiger partial charge in [-0.05, 0) is 12.1 Å². The molecule has 2 aromatic rings. The minimum absolute atomic E-state index is 0.0466. The van der Waals surface area contributed by atoms with E-state index in [1.807, 2.05) is 0 Å². The first-order valence-electron chi connectivity index (χ1n) is 4.68. The van der Waals surface area contributed by atoms with Gasteiger partial charge in [0.15, 0.2) is 10.3 Å². The fraction of sp³-hybridized carbons (Fsp3) is 0. The van der Waals surface area contributed by atoms with Crippen molar-refractivity contribution in [2.45, 2.75) is 0 Å². The largest absolute Gasteiger partial charge is 0.315 e. The van der Waals surface area contributed by atoms with E-state index >= 15 is 0 Å². The number of anilines is 1. The van der Waals surface area contributed by atoms with Crippen LogP contribution in [0.3, 0.4) is 0 Å². The van der Waals surface area contributed by atoms with Crippen molar-refractivity contribution in [2.24, 2.45) is 0 Å². The highest BCUT2D eigenvalue weighted by Gasteiger charge is 2.14. The molecule has 0 saturated heterocycles. The number of hydrogen-bond acceptors (Lipinski definition) is 4. The van der Waals surface area contributed by atoms with Gasteiger partial charge in [-0.1, -0.05) is 40.9 Å². The van der Waals surface area contributed by atoms with E-state index in [1.54, 1.807) is 12.1 Å². The van der Waals surface area contributed by atoms with E-state index in [9.17, 15) is 4.79 Å². The highest BCUT2D eigenvalue weighted by molar-refractivity contribution is 6.38. The maximum Gasteiger partial charge on any atom is 0.274 e. The molecule has 1 N–H and O–H groups in total. The van der Waals surface area contributed by atoms with Crippen molar-refractivity contribution in [3.05, 3.63) is 45.7 Å². The van der Waals surface area contributed by atoms with Crippen LogP contribution in [0.4, 0.5) is 5.69 Å². The van der Waals surface area contributed by atoms with E-state index in [2.05, 4.69) is 20.3 Å². The molecule has 0 spiro atoms. The zero-order chi connectivity index (χ0) is 13.1. The lowest BCUT2D eigenvalue weighted by Gasteiger charge is -2.07. The predicted molar refractivity (Wildman–Crippen MR) is 69.3 cm³/mol. The summed E-state index contributed by atoms with van der Waals surface area (Å²) in [6.07, 6.45) is 1.19. The van der Waals surface area contributed by atoms with Gasteiger partial charge in [0.2, 0.25) is 0 Å². The van der Waals surface area contributed by atoms with Crippen molar-refractivity contribution in [3.8, 4) is 0 Å². The Balaban J connectivity index is 2.27. The van der Waals surface area contributed by atoms with E-state index in [-0.39, 0.29) is 26.8 Å². The zero-order valence-electron chi connectivity index (χ0n) is 8.69. The molecule has 5 nitrogen and oxygen atoms in total. The third kappa shape index (κ3) is 2.87. The Bertz CT molecular complexity index is 585. The summed E-state index contributed by atoms with van der Waals surface area (Å²) in [5.74, 6) is -0.504. The zero-order valence-corrected chi connectivity index (χ0v) is 11.0. The molecule has 2 rings (SSSR count). The van der Waals surface area contributed by atoms with Gasteiger partial charge in [-0.3, -0.25) is 4.79 Å². The first-order chi connectivity index (χ1) is 8.58. The molecule has 0 fully saturated rings. The molecule has 2 aromatic heterocycles. The Morgan fingerprint density at radius 2 is 1.78 bits per heavy atom. The SMILES string of the molecule is O=C(Nc1c(Cl)ncnc1Cl)c1cccc(Cl)n1. The Morgan fingerprint density at radius 1 is 1.11 bits per heavy atom. The average Bonchev–Trinajstić information content (AvgIpc) is 2.34. The number of nitrogens with one attached hydrogen (secondary N) is 1. The molecule has 0 atom stereocenters. The third-order valence-corrected chi connectivity index (χ3v) is 2.72. The lowest BCUT2D eigenvalue weighted by atomic mass is 10.3. The minimum Gasteiger partial charge on any atom is -0.315 e. The maximum atomic E-state index is 11.9. The van der Waals surface area contributed by atoms with Gasteiger partial charge in [0.1, 0.15) is 22.9 Å². The van der Waals surface area contributed by atoms with Gasteiger partial charge < -0.3 is 5.32 Å². The van der Waals surface area contributed by atoms with Crippen LogP contribution in [0.5, 0.6) is 0 Å². The molecule has 0 aliphatic rings. The number of amides is 1. The van der Waals surface area contributed by atoms with Gasteiger partial charge >= 0.3 is 0 Å². The minimum atomic E-state index is -0.504. The number of nitrogens with zero attached hydrogens (tertiary/aromatic N) is 3. The normalized spacial score (nSPS) is 10.2. The first-order valence-corrected chi connectivity index (χ1v) is 5.81. The van der Waals surface area contributed by atoms with E-state index in [0.717, 1.165) is 0 Å². The van der Waals surface area contributed by atoms with Gasteiger partial charge in [-0.15, -0.1) is 0 Å². The van der Waals surface area contributed by atoms with Gasteiger partial charge in [0.05, 0.1) is 0 Å². The molecular formula is C10H5Cl3N4O. The number of halogens is 3. The Morgan fingerprint density at radius 3 is 2.39 bits per heavy atom. The standard InChI is InChI=1S/C10H5Cl3N4O/c11-6-3-1-2-5(16-6)10(18)17-7-8(12)14-4-15-9(7)13/h1-4H,(H,17,18). The van der Waals surface area contributed by atoms with Crippen LogP contribution in [0.2, 0.25) is 15.5 Å². The van der Waals surface area contributed by atoms with Gasteiger partial charge in [-0.25, -0.2) is 15.0 Å². The number of carbonyl (C=O) groups is 1. The molecule has 0 bridgehead atoms. The topological polar surface area (TPSA) is 67.8 Å². The molecule has 1 amide bonds. The van der Waals surface area contributed by atoms with Crippen LogP contribution >= 0.6 is 34.8 Å². The van der Waals surface area contributed by atoms with Crippen molar-refractivity contribution < 1.29 is 4.79 Å². The molecule has 0 saturated carbocycles. The smallest absolute Gasteiger partial charge is 0.274 e. The van der Waals surface area contributed by atoms with Crippen LogP contribution < -0.4 is 5.32 Å². The lowest BCUT2D eigenvalue weighted by molar-refractivity contribution is 0.102. The van der Waals surface area contributed by atoms with E-state index in [1.165, 1.54) is 12.4 Å². The molecule has 0 aliphatic heterocycles. The van der Waals surface area contributed by atoms with Crippen LogP contribution in [0, 0.1) is 0 Å². The van der Waals surface area contributed by atoms with Crippen LogP contribution in [-0.2, 0) is 0 Å². The van der Waals surface area contributed by atoms with E-state index in [0.29, 0.717) is 0 Å². The summed E-state index contributed by atoms with van der Waals surface area (Å²) in [6, 6.07) is 4.67. The number of rotatable bonds is 2. The van der Waals surface area contributed by atoms with Crippen molar-refractivity contribution >= 4 is 46.4 Å². The third-order valence-electron chi connectivity index (χ3n) is 1.94. The molecule has 0 aliphatic carbocycles. The lowest BCUT2D eigenvalue weighted by Crippen LogP contribution is -2.14. The predicted octanol–water partition coefficient (Wildman–Crippen LogP) is 3.08. The molecular weight excluding hydrogens is 298 g/mol. The van der Waals surface area contributed by atoms with Crippen LogP contribution in [-0.4, -0.2) is 20.9 Å². The second-order valence-corrected chi connectivity index (χ2v) is 4.23. The quantitative estimate of drug-likeness (QED) is 0.684. The fourth-order valence-electron chi connectivity index (χ4n) is 1.16. The highest BCUT2D eigenvalue weighted by Crippen LogP contribution is 2.26. The second-order valence-electron chi connectivity index (χ2n) is 3.13. The second kappa shape index (κ2) is 5.48. The Hall–Kier alpha value is -1.43. The van der Waals surface area contributed by atoms with Crippen molar-refractivity contribution in [1.29, 1.82) is 0 Å². The highest BCUT2D eigenvalue weighted by atomic mass is 35.5. The van der Waals surface area contributed by atoms with Crippen LogP contribution in [0.1, 0.15) is 10.5 Å². The molecule has 18 heavy (non-hydrogen) atoms. The number of hydrogen-bond donors (Lipinski definition) is 1. The summed E-state index contributed by atoms with van der Waals surface area (Å²) in [5, 5.41) is 2.78.